The Labute approximate surface area is 376 Å². The molecule has 1 unspecified atom stereocenters. The van der Waals surface area contributed by atoms with Crippen molar-refractivity contribution in [1.82, 2.24) is 9.13 Å². The highest BCUT2D eigenvalue weighted by atomic mass is 15.0. The molecule has 0 N–H and O–H groups in total. The van der Waals surface area contributed by atoms with Gasteiger partial charge in [0.05, 0.1) is 39.5 Å². The van der Waals surface area contributed by atoms with Gasteiger partial charge in [0.25, 0.3) is 0 Å². The van der Waals surface area contributed by atoms with Crippen molar-refractivity contribution >= 4 is 76.7 Å². The number of aromatic nitrogens is 2. The summed E-state index contributed by atoms with van der Waals surface area (Å²) in [5, 5.41) is 9.62. The van der Waals surface area contributed by atoms with E-state index in [4.69, 9.17) is 9.98 Å². The summed E-state index contributed by atoms with van der Waals surface area (Å²) in [4.78, 5) is 11.3. The minimum Gasteiger partial charge on any atom is -0.309 e. The van der Waals surface area contributed by atoms with Crippen LogP contribution in [-0.2, 0) is 0 Å². The molecular formula is C61H42N4. The van der Waals surface area contributed by atoms with E-state index in [1.54, 1.807) is 0 Å². The Morgan fingerprint density at radius 3 is 1.68 bits per heavy atom. The number of hydrogen-bond donors (Lipinski definition) is 0. The van der Waals surface area contributed by atoms with Gasteiger partial charge in [-0.15, -0.1) is 0 Å². The van der Waals surface area contributed by atoms with Crippen LogP contribution in [0.1, 0.15) is 35.6 Å². The second-order valence-electron chi connectivity index (χ2n) is 17.2. The first kappa shape index (κ1) is 37.2. The standard InChI is InChI=1S/C61H42N4/c1-3-15-40(16-4-1)41-27-29-44(30-28-41)55-35-34-54(43-18-5-2-6-19-43)62-61(63-55)51-33-31-42-17-9-10-22-48(42)60(51)65-58-36-32-47(39-53(58)52-37-45-20-7-8-21-46(45)38-59(52)65)64-56-25-13-11-23-49(56)50-24-12-14-26-57(50)64/h1-33,36-39,55H,34-35H2. The van der Waals surface area contributed by atoms with E-state index in [0.717, 1.165) is 63.3 Å². The minimum atomic E-state index is -0.0880. The molecule has 0 fully saturated rings. The average molecular weight is 831 g/mol. The minimum absolute atomic E-state index is 0.0880. The summed E-state index contributed by atoms with van der Waals surface area (Å²) in [6.45, 7) is 0. The van der Waals surface area contributed by atoms with Crippen molar-refractivity contribution in [3.05, 3.63) is 241 Å². The molecule has 10 aromatic carbocycles. The molecule has 0 aliphatic carbocycles. The Bertz CT molecular complexity index is 3820. The molecule has 1 aliphatic rings. The lowest BCUT2D eigenvalue weighted by atomic mass is 9.96. The Morgan fingerprint density at radius 2 is 0.954 bits per heavy atom. The molecule has 65 heavy (non-hydrogen) atoms. The quantitative estimate of drug-likeness (QED) is 0.160. The first-order chi connectivity index (χ1) is 32.2. The predicted octanol–water partition coefficient (Wildman–Crippen LogP) is 15.6. The zero-order chi connectivity index (χ0) is 42.8. The van der Waals surface area contributed by atoms with Crippen molar-refractivity contribution in [1.29, 1.82) is 0 Å². The SMILES string of the molecule is c1ccc(C2=NC(c3ccc4ccccc4c3-n3c4ccc(-n5c6ccccc6c6ccccc65)cc4c4cc5ccccc5cc43)=NC(c3ccc(-c4ccccc4)cc3)CC2)cc1. The van der Waals surface area contributed by atoms with Crippen LogP contribution in [0.4, 0.5) is 0 Å². The highest BCUT2D eigenvalue weighted by molar-refractivity contribution is 6.20. The molecule has 4 nitrogen and oxygen atoms in total. The lowest BCUT2D eigenvalue weighted by molar-refractivity contribution is 0.680. The van der Waals surface area contributed by atoms with E-state index in [2.05, 4.69) is 234 Å². The van der Waals surface area contributed by atoms with Crippen LogP contribution in [0.15, 0.2) is 234 Å². The van der Waals surface area contributed by atoms with Crippen LogP contribution in [-0.4, -0.2) is 20.7 Å². The molecule has 2 aromatic heterocycles. The van der Waals surface area contributed by atoms with E-state index in [1.165, 1.54) is 65.4 Å². The molecule has 0 bridgehead atoms. The van der Waals surface area contributed by atoms with Gasteiger partial charge in [-0.25, -0.2) is 4.99 Å². The molecule has 4 heteroatoms. The second kappa shape index (κ2) is 15.2. The summed E-state index contributed by atoms with van der Waals surface area (Å²) in [7, 11) is 0. The summed E-state index contributed by atoms with van der Waals surface area (Å²) in [6, 6.07) is 81.4. The van der Waals surface area contributed by atoms with Gasteiger partial charge in [-0.05, 0) is 99.8 Å². The Morgan fingerprint density at radius 1 is 0.385 bits per heavy atom. The maximum atomic E-state index is 5.70. The third kappa shape index (κ3) is 6.21. The topological polar surface area (TPSA) is 34.6 Å². The molecular weight excluding hydrogens is 789 g/mol. The number of benzene rings is 10. The first-order valence-corrected chi connectivity index (χ1v) is 22.6. The predicted molar refractivity (Wildman–Crippen MR) is 274 cm³/mol. The second-order valence-corrected chi connectivity index (χ2v) is 17.2. The van der Waals surface area contributed by atoms with Crippen molar-refractivity contribution in [3.8, 4) is 22.5 Å². The summed E-state index contributed by atoms with van der Waals surface area (Å²) in [5.74, 6) is 0.747. The van der Waals surface area contributed by atoms with Crippen LogP contribution in [0.2, 0.25) is 0 Å². The first-order valence-electron chi connectivity index (χ1n) is 22.6. The fourth-order valence-electron chi connectivity index (χ4n) is 10.4. The van der Waals surface area contributed by atoms with Crippen LogP contribution in [0.3, 0.4) is 0 Å². The molecule has 0 spiro atoms. The monoisotopic (exact) mass is 830 g/mol. The van der Waals surface area contributed by atoms with Gasteiger partial charge in [-0.2, -0.15) is 0 Å². The van der Waals surface area contributed by atoms with Gasteiger partial charge in [-0.3, -0.25) is 4.99 Å². The fourth-order valence-corrected chi connectivity index (χ4v) is 10.4. The van der Waals surface area contributed by atoms with Gasteiger partial charge in [0.2, 0.25) is 0 Å². The number of hydrogen-bond acceptors (Lipinski definition) is 2. The van der Waals surface area contributed by atoms with Gasteiger partial charge in [0.1, 0.15) is 0 Å². The zero-order valence-corrected chi connectivity index (χ0v) is 35.6. The molecule has 0 saturated carbocycles. The smallest absolute Gasteiger partial charge is 0.157 e. The molecule has 0 saturated heterocycles. The Kier molecular flexibility index (Phi) is 8.70. The van der Waals surface area contributed by atoms with Gasteiger partial charge in [0, 0.05) is 38.2 Å². The van der Waals surface area contributed by atoms with Gasteiger partial charge in [-0.1, -0.05) is 176 Å². The van der Waals surface area contributed by atoms with E-state index in [0.29, 0.717) is 0 Å². The third-order valence-electron chi connectivity index (χ3n) is 13.5. The third-order valence-corrected chi connectivity index (χ3v) is 13.5. The van der Waals surface area contributed by atoms with Crippen molar-refractivity contribution in [2.75, 3.05) is 0 Å². The summed E-state index contributed by atoms with van der Waals surface area (Å²) < 4.78 is 4.92. The summed E-state index contributed by atoms with van der Waals surface area (Å²) in [5.41, 5.74) is 13.7. The molecule has 13 rings (SSSR count). The van der Waals surface area contributed by atoms with Crippen molar-refractivity contribution in [2.24, 2.45) is 9.98 Å². The number of fused-ring (bicyclic) bond motifs is 8. The molecule has 0 amide bonds. The fraction of sp³-hybridized carbons (Fsp3) is 0.0492. The van der Waals surface area contributed by atoms with E-state index in [9.17, 15) is 0 Å². The van der Waals surface area contributed by atoms with Crippen LogP contribution in [0.25, 0.3) is 87.7 Å². The van der Waals surface area contributed by atoms with E-state index < -0.39 is 0 Å². The number of aliphatic imine (C=N–C) groups is 2. The number of nitrogens with zero attached hydrogens (tertiary/aromatic N) is 4. The largest absolute Gasteiger partial charge is 0.309 e. The van der Waals surface area contributed by atoms with Gasteiger partial charge >= 0.3 is 0 Å². The summed E-state index contributed by atoms with van der Waals surface area (Å²) in [6.07, 6.45) is 1.65. The van der Waals surface area contributed by atoms with Crippen molar-refractivity contribution < 1.29 is 0 Å². The lowest BCUT2D eigenvalue weighted by Gasteiger charge is -2.18. The molecule has 306 valence electrons. The maximum absolute atomic E-state index is 5.70. The highest BCUT2D eigenvalue weighted by Gasteiger charge is 2.25. The molecule has 0 radical (unpaired) electrons. The van der Waals surface area contributed by atoms with Crippen LogP contribution < -0.4 is 0 Å². The van der Waals surface area contributed by atoms with Crippen molar-refractivity contribution in [3.63, 3.8) is 0 Å². The molecule has 1 aliphatic heterocycles. The van der Waals surface area contributed by atoms with E-state index >= 15 is 0 Å². The maximum Gasteiger partial charge on any atom is 0.157 e. The summed E-state index contributed by atoms with van der Waals surface area (Å²) >= 11 is 0. The van der Waals surface area contributed by atoms with Gasteiger partial charge < -0.3 is 9.13 Å². The van der Waals surface area contributed by atoms with Crippen LogP contribution >= 0.6 is 0 Å². The van der Waals surface area contributed by atoms with Crippen LogP contribution in [0.5, 0.6) is 0 Å². The average Bonchev–Trinajstić information content (AvgIpc) is 3.76. The molecule has 12 aromatic rings. The molecule has 1 atom stereocenters. The van der Waals surface area contributed by atoms with E-state index in [-0.39, 0.29) is 6.04 Å². The van der Waals surface area contributed by atoms with Crippen molar-refractivity contribution in [2.45, 2.75) is 18.9 Å². The zero-order valence-electron chi connectivity index (χ0n) is 35.6. The van der Waals surface area contributed by atoms with E-state index in [1.807, 2.05) is 0 Å². The Hall–Kier alpha value is -8.34. The normalized spacial score (nSPS) is 14.4. The van der Waals surface area contributed by atoms with Crippen LogP contribution in [0, 0.1) is 0 Å². The number of rotatable bonds is 6. The number of para-hydroxylation sites is 2. The lowest BCUT2D eigenvalue weighted by Crippen LogP contribution is -2.09. The molecule has 3 heterocycles. The highest BCUT2D eigenvalue weighted by Crippen LogP contribution is 2.42. The Balaban J connectivity index is 1.08. The number of amidine groups is 1. The van der Waals surface area contributed by atoms with Gasteiger partial charge in [0.15, 0.2) is 5.84 Å².